The summed E-state index contributed by atoms with van der Waals surface area (Å²) in [6.45, 7) is 4.42. The molecule has 0 N–H and O–H groups in total. The van der Waals surface area contributed by atoms with Gasteiger partial charge in [-0.15, -0.1) is 0 Å². The number of hydrogen-bond donors (Lipinski definition) is 0. The van der Waals surface area contributed by atoms with Crippen LogP contribution in [-0.2, 0) is 6.54 Å². The van der Waals surface area contributed by atoms with Gasteiger partial charge in [-0.25, -0.2) is 0 Å². The maximum atomic E-state index is 5.97. The Morgan fingerprint density at radius 2 is 1.93 bits per heavy atom. The van der Waals surface area contributed by atoms with Gasteiger partial charge in [-0.2, -0.15) is 0 Å². The van der Waals surface area contributed by atoms with Crippen LogP contribution in [0.2, 0.25) is 10.0 Å². The minimum atomic E-state index is 0.683. The molecular weight excluding hydrogens is 229 g/mol. The lowest BCUT2D eigenvalue weighted by atomic mass is 10.2. The number of likely N-dealkylation sites (tertiary alicyclic amines) is 1. The lowest BCUT2D eigenvalue weighted by Gasteiger charge is -2.21. The van der Waals surface area contributed by atoms with E-state index in [1.807, 2.05) is 12.1 Å². The topological polar surface area (TPSA) is 3.24 Å². The summed E-state index contributed by atoms with van der Waals surface area (Å²) < 4.78 is 0. The van der Waals surface area contributed by atoms with Gasteiger partial charge in [0.25, 0.3) is 0 Å². The summed E-state index contributed by atoms with van der Waals surface area (Å²) in [6.07, 6.45) is 2.60. The molecule has 1 fully saturated rings. The third kappa shape index (κ3) is 2.87. The van der Waals surface area contributed by atoms with E-state index < -0.39 is 0 Å². The van der Waals surface area contributed by atoms with Crippen molar-refractivity contribution in [2.24, 2.45) is 0 Å². The molecule has 0 aromatic heterocycles. The SMILES string of the molecule is C[C@@H]1CCCN1Cc1cc(Cl)cc(Cl)c1. The van der Waals surface area contributed by atoms with Crippen molar-refractivity contribution in [2.45, 2.75) is 32.4 Å². The highest BCUT2D eigenvalue weighted by molar-refractivity contribution is 6.34. The Morgan fingerprint density at radius 1 is 1.27 bits per heavy atom. The molecule has 1 aliphatic heterocycles. The van der Waals surface area contributed by atoms with E-state index in [1.54, 1.807) is 6.07 Å². The largest absolute Gasteiger partial charge is 0.296 e. The summed E-state index contributed by atoms with van der Waals surface area (Å²) in [6, 6.07) is 6.46. The maximum absolute atomic E-state index is 5.97. The first-order valence-electron chi connectivity index (χ1n) is 5.34. The zero-order valence-electron chi connectivity index (χ0n) is 8.84. The minimum absolute atomic E-state index is 0.683. The molecule has 1 aliphatic rings. The quantitative estimate of drug-likeness (QED) is 0.760. The second-order valence-electron chi connectivity index (χ2n) is 4.24. The minimum Gasteiger partial charge on any atom is -0.296 e. The lowest BCUT2D eigenvalue weighted by molar-refractivity contribution is 0.260. The predicted octanol–water partition coefficient (Wildman–Crippen LogP) is 3.98. The predicted molar refractivity (Wildman–Crippen MR) is 65.6 cm³/mol. The van der Waals surface area contributed by atoms with Crippen molar-refractivity contribution in [2.75, 3.05) is 6.54 Å². The highest BCUT2D eigenvalue weighted by Crippen LogP contribution is 2.23. The van der Waals surface area contributed by atoms with Gasteiger partial charge in [0.2, 0.25) is 0 Å². The van der Waals surface area contributed by atoms with Crippen molar-refractivity contribution < 1.29 is 0 Å². The molecule has 2 rings (SSSR count). The first kappa shape index (κ1) is 11.3. The Morgan fingerprint density at radius 3 is 2.47 bits per heavy atom. The van der Waals surface area contributed by atoms with E-state index in [9.17, 15) is 0 Å². The average Bonchev–Trinajstić information content (AvgIpc) is 2.50. The third-order valence-corrected chi connectivity index (χ3v) is 3.44. The van der Waals surface area contributed by atoms with Crippen molar-refractivity contribution >= 4 is 23.2 Å². The van der Waals surface area contributed by atoms with Crippen molar-refractivity contribution in [3.63, 3.8) is 0 Å². The fourth-order valence-electron chi connectivity index (χ4n) is 2.16. The molecule has 1 atom stereocenters. The molecule has 82 valence electrons. The first-order chi connectivity index (χ1) is 7.15. The van der Waals surface area contributed by atoms with E-state index in [2.05, 4.69) is 11.8 Å². The second kappa shape index (κ2) is 4.73. The summed E-state index contributed by atoms with van der Waals surface area (Å²) in [5.74, 6) is 0. The molecule has 0 saturated carbocycles. The van der Waals surface area contributed by atoms with Crippen molar-refractivity contribution in [1.29, 1.82) is 0 Å². The lowest BCUT2D eigenvalue weighted by Crippen LogP contribution is -2.26. The second-order valence-corrected chi connectivity index (χ2v) is 5.11. The molecule has 0 unspecified atom stereocenters. The number of benzene rings is 1. The first-order valence-corrected chi connectivity index (χ1v) is 6.10. The molecule has 1 nitrogen and oxygen atoms in total. The van der Waals surface area contributed by atoms with Gasteiger partial charge in [-0.3, -0.25) is 4.90 Å². The van der Waals surface area contributed by atoms with Gasteiger partial charge in [0.1, 0.15) is 0 Å². The molecule has 0 bridgehead atoms. The number of rotatable bonds is 2. The fourth-order valence-corrected chi connectivity index (χ4v) is 2.74. The van der Waals surface area contributed by atoms with Gasteiger partial charge in [0.15, 0.2) is 0 Å². The van der Waals surface area contributed by atoms with E-state index in [0.717, 1.165) is 16.6 Å². The average molecular weight is 244 g/mol. The Kier molecular flexibility index (Phi) is 3.55. The molecule has 1 saturated heterocycles. The summed E-state index contributed by atoms with van der Waals surface area (Å²) in [7, 11) is 0. The number of halogens is 2. The molecule has 0 radical (unpaired) electrons. The zero-order chi connectivity index (χ0) is 10.8. The van der Waals surface area contributed by atoms with Crippen LogP contribution >= 0.6 is 23.2 Å². The van der Waals surface area contributed by atoms with Crippen molar-refractivity contribution in [3.8, 4) is 0 Å². The van der Waals surface area contributed by atoms with E-state index in [0.29, 0.717) is 6.04 Å². The number of hydrogen-bond acceptors (Lipinski definition) is 1. The van der Waals surface area contributed by atoms with E-state index >= 15 is 0 Å². The van der Waals surface area contributed by atoms with Gasteiger partial charge < -0.3 is 0 Å². The molecule has 1 heterocycles. The standard InChI is InChI=1S/C12H15Cl2N/c1-9-3-2-4-15(9)8-10-5-11(13)7-12(14)6-10/h5-7,9H,2-4,8H2,1H3/t9-/m1/s1. The van der Waals surface area contributed by atoms with Gasteiger partial charge in [-0.1, -0.05) is 23.2 Å². The molecule has 0 aliphatic carbocycles. The van der Waals surface area contributed by atoms with Gasteiger partial charge in [-0.05, 0) is 50.1 Å². The van der Waals surface area contributed by atoms with Gasteiger partial charge in [0.05, 0.1) is 0 Å². The van der Waals surface area contributed by atoms with Gasteiger partial charge >= 0.3 is 0 Å². The maximum Gasteiger partial charge on any atom is 0.0424 e. The van der Waals surface area contributed by atoms with Crippen molar-refractivity contribution in [3.05, 3.63) is 33.8 Å². The molecule has 0 amide bonds. The fraction of sp³-hybridized carbons (Fsp3) is 0.500. The normalized spacial score (nSPS) is 22.2. The van der Waals surface area contributed by atoms with Crippen LogP contribution in [0.5, 0.6) is 0 Å². The number of nitrogens with zero attached hydrogens (tertiary/aromatic N) is 1. The van der Waals surface area contributed by atoms with E-state index in [-0.39, 0.29) is 0 Å². The molecule has 15 heavy (non-hydrogen) atoms. The monoisotopic (exact) mass is 243 g/mol. The van der Waals surface area contributed by atoms with Crippen LogP contribution in [0.4, 0.5) is 0 Å². The molecule has 0 spiro atoms. The Balaban J connectivity index is 2.10. The molecule has 3 heteroatoms. The Labute approximate surface area is 101 Å². The van der Waals surface area contributed by atoms with E-state index in [1.165, 1.54) is 24.9 Å². The highest BCUT2D eigenvalue weighted by Gasteiger charge is 2.20. The van der Waals surface area contributed by atoms with Crippen LogP contribution in [-0.4, -0.2) is 17.5 Å². The van der Waals surface area contributed by atoms with Gasteiger partial charge in [0, 0.05) is 22.6 Å². The highest BCUT2D eigenvalue weighted by atomic mass is 35.5. The van der Waals surface area contributed by atoms with E-state index in [4.69, 9.17) is 23.2 Å². The van der Waals surface area contributed by atoms with Crippen LogP contribution in [0.25, 0.3) is 0 Å². The summed E-state index contributed by atoms with van der Waals surface area (Å²) in [5, 5.41) is 1.45. The smallest absolute Gasteiger partial charge is 0.0424 e. The van der Waals surface area contributed by atoms with Crippen LogP contribution in [0.15, 0.2) is 18.2 Å². The molecular formula is C12H15Cl2N. The molecule has 1 aromatic carbocycles. The molecule has 1 aromatic rings. The summed E-state index contributed by atoms with van der Waals surface area (Å²) in [4.78, 5) is 2.47. The van der Waals surface area contributed by atoms with Crippen LogP contribution in [0.3, 0.4) is 0 Å². The summed E-state index contributed by atoms with van der Waals surface area (Å²) in [5.41, 5.74) is 1.21. The van der Waals surface area contributed by atoms with Crippen molar-refractivity contribution in [1.82, 2.24) is 4.90 Å². The van der Waals surface area contributed by atoms with Crippen LogP contribution < -0.4 is 0 Å². The third-order valence-electron chi connectivity index (χ3n) is 3.00. The summed E-state index contributed by atoms with van der Waals surface area (Å²) >= 11 is 11.9. The Hall–Kier alpha value is -0.240. The van der Waals surface area contributed by atoms with Crippen LogP contribution in [0.1, 0.15) is 25.3 Å². The van der Waals surface area contributed by atoms with Crippen LogP contribution in [0, 0.1) is 0 Å². The Bertz CT molecular complexity index is 331. The zero-order valence-corrected chi connectivity index (χ0v) is 10.4.